The lowest BCUT2D eigenvalue weighted by Crippen LogP contribution is -2.40. The lowest BCUT2D eigenvalue weighted by atomic mass is 10.2. The van der Waals surface area contributed by atoms with Crippen LogP contribution in [-0.2, 0) is 4.74 Å². The predicted octanol–water partition coefficient (Wildman–Crippen LogP) is 2.18. The Balaban J connectivity index is 1.84. The second kappa shape index (κ2) is 5.38. The molecule has 0 spiro atoms. The summed E-state index contributed by atoms with van der Waals surface area (Å²) in [6.07, 6.45) is 4.81. The predicted molar refractivity (Wildman–Crippen MR) is 79.9 cm³/mol. The zero-order chi connectivity index (χ0) is 14.1. The van der Waals surface area contributed by atoms with E-state index in [1.165, 1.54) is 11.3 Å². The normalized spacial score (nSPS) is 22.2. The molecule has 2 aromatic heterocycles. The van der Waals surface area contributed by atoms with Gasteiger partial charge in [0.15, 0.2) is 0 Å². The summed E-state index contributed by atoms with van der Waals surface area (Å²) in [6.45, 7) is 0. The van der Waals surface area contributed by atoms with Gasteiger partial charge in [-0.15, -0.1) is 11.3 Å². The second-order valence-electron chi connectivity index (χ2n) is 4.98. The van der Waals surface area contributed by atoms with Crippen LogP contribution in [0.5, 0.6) is 0 Å². The Morgan fingerprint density at radius 2 is 2.40 bits per heavy atom. The number of carbonyl (C=O) groups excluding carboxylic acids is 1. The molecular weight excluding hydrogens is 274 g/mol. The van der Waals surface area contributed by atoms with E-state index in [-0.39, 0.29) is 18.1 Å². The van der Waals surface area contributed by atoms with Crippen LogP contribution in [-0.4, -0.2) is 30.1 Å². The number of anilines is 1. The molecule has 20 heavy (non-hydrogen) atoms. The Morgan fingerprint density at radius 3 is 3.15 bits per heavy atom. The Morgan fingerprint density at radius 1 is 1.55 bits per heavy atom. The molecule has 1 saturated carbocycles. The molecule has 0 saturated heterocycles. The third kappa shape index (κ3) is 2.25. The van der Waals surface area contributed by atoms with Gasteiger partial charge in [0.2, 0.25) is 0 Å². The van der Waals surface area contributed by atoms with Crippen LogP contribution in [0.25, 0.3) is 10.2 Å². The van der Waals surface area contributed by atoms with E-state index in [1.54, 1.807) is 13.3 Å². The molecule has 3 N–H and O–H groups in total. The summed E-state index contributed by atoms with van der Waals surface area (Å²) in [4.78, 5) is 17.2. The first-order chi connectivity index (χ1) is 9.70. The van der Waals surface area contributed by atoms with Gasteiger partial charge in [-0.1, -0.05) is 0 Å². The van der Waals surface area contributed by atoms with Crippen molar-refractivity contribution in [2.45, 2.75) is 31.4 Å². The minimum absolute atomic E-state index is 0.0741. The molecule has 2 unspecified atom stereocenters. The summed E-state index contributed by atoms with van der Waals surface area (Å²) in [5.74, 6) is -0.126. The summed E-state index contributed by atoms with van der Waals surface area (Å²) in [6, 6.07) is 3.84. The Bertz CT molecular complexity index is 640. The molecule has 0 aromatic carbocycles. The lowest BCUT2D eigenvalue weighted by molar-refractivity contribution is 0.0725. The van der Waals surface area contributed by atoms with E-state index >= 15 is 0 Å². The number of fused-ring (bicyclic) bond motifs is 1. The van der Waals surface area contributed by atoms with Crippen molar-refractivity contribution in [2.75, 3.05) is 12.8 Å². The smallest absolute Gasteiger partial charge is 0.263 e. The first-order valence-corrected chi connectivity index (χ1v) is 7.49. The second-order valence-corrected chi connectivity index (χ2v) is 6.03. The van der Waals surface area contributed by atoms with Gasteiger partial charge in [-0.3, -0.25) is 9.78 Å². The lowest BCUT2D eigenvalue weighted by Gasteiger charge is -2.19. The van der Waals surface area contributed by atoms with Gasteiger partial charge < -0.3 is 15.8 Å². The number of amides is 1. The van der Waals surface area contributed by atoms with E-state index in [0.29, 0.717) is 16.1 Å². The van der Waals surface area contributed by atoms with E-state index in [4.69, 9.17) is 10.5 Å². The molecule has 0 radical (unpaired) electrons. The van der Waals surface area contributed by atoms with Crippen LogP contribution in [0.3, 0.4) is 0 Å². The van der Waals surface area contributed by atoms with Crippen LogP contribution in [0.4, 0.5) is 5.69 Å². The first-order valence-electron chi connectivity index (χ1n) is 6.67. The largest absolute Gasteiger partial charge is 0.396 e. The van der Waals surface area contributed by atoms with Gasteiger partial charge in [0, 0.05) is 13.3 Å². The minimum Gasteiger partial charge on any atom is -0.396 e. The van der Waals surface area contributed by atoms with Crippen molar-refractivity contribution >= 4 is 33.1 Å². The number of ether oxygens (including phenoxy) is 1. The summed E-state index contributed by atoms with van der Waals surface area (Å²) in [5, 5.41) is 3.04. The quantitative estimate of drug-likeness (QED) is 0.908. The maximum Gasteiger partial charge on any atom is 0.263 e. The SMILES string of the molecule is COC1CCCC1NC(=O)c1sc2cccnc2c1N. The molecule has 2 heterocycles. The molecule has 0 aliphatic heterocycles. The maximum absolute atomic E-state index is 12.4. The number of nitrogens with one attached hydrogen (secondary N) is 1. The number of nitrogens with two attached hydrogens (primary N) is 1. The topological polar surface area (TPSA) is 77.2 Å². The van der Waals surface area contributed by atoms with Gasteiger partial charge in [-0.25, -0.2) is 0 Å². The van der Waals surface area contributed by atoms with E-state index < -0.39 is 0 Å². The van der Waals surface area contributed by atoms with Gasteiger partial charge in [0.1, 0.15) is 10.4 Å². The van der Waals surface area contributed by atoms with Crippen molar-refractivity contribution in [3.8, 4) is 0 Å². The van der Waals surface area contributed by atoms with Crippen molar-refractivity contribution in [3.63, 3.8) is 0 Å². The van der Waals surface area contributed by atoms with E-state index in [2.05, 4.69) is 10.3 Å². The zero-order valence-electron chi connectivity index (χ0n) is 11.3. The first kappa shape index (κ1) is 13.3. The van der Waals surface area contributed by atoms with Gasteiger partial charge in [0.25, 0.3) is 5.91 Å². The molecular formula is C14H17N3O2S. The average Bonchev–Trinajstić information content (AvgIpc) is 3.04. The van der Waals surface area contributed by atoms with Gasteiger partial charge in [0.05, 0.1) is 22.5 Å². The number of carbonyl (C=O) groups is 1. The van der Waals surface area contributed by atoms with Crippen molar-refractivity contribution in [1.29, 1.82) is 0 Å². The summed E-state index contributed by atoms with van der Waals surface area (Å²) < 4.78 is 6.33. The number of rotatable bonds is 3. The van der Waals surface area contributed by atoms with Crippen LogP contribution < -0.4 is 11.1 Å². The summed E-state index contributed by atoms with van der Waals surface area (Å²) in [7, 11) is 1.69. The van der Waals surface area contributed by atoms with E-state index in [0.717, 1.165) is 24.0 Å². The van der Waals surface area contributed by atoms with Crippen molar-refractivity contribution in [2.24, 2.45) is 0 Å². The molecule has 1 aliphatic rings. The van der Waals surface area contributed by atoms with Gasteiger partial charge in [-0.2, -0.15) is 0 Å². The molecule has 1 fully saturated rings. The number of thiophene rings is 1. The maximum atomic E-state index is 12.4. The number of hydrogen-bond donors (Lipinski definition) is 2. The molecule has 1 aliphatic carbocycles. The van der Waals surface area contributed by atoms with Gasteiger partial charge >= 0.3 is 0 Å². The van der Waals surface area contributed by atoms with Crippen molar-refractivity contribution in [3.05, 3.63) is 23.2 Å². The molecule has 6 heteroatoms. The van der Waals surface area contributed by atoms with Crippen LogP contribution in [0.2, 0.25) is 0 Å². The van der Waals surface area contributed by atoms with Crippen LogP contribution in [0, 0.1) is 0 Å². The molecule has 2 aromatic rings. The third-order valence-corrected chi connectivity index (χ3v) is 4.92. The van der Waals surface area contributed by atoms with Crippen molar-refractivity contribution < 1.29 is 9.53 Å². The number of nitrogen functional groups attached to an aromatic ring is 1. The van der Waals surface area contributed by atoms with E-state index in [1.807, 2.05) is 12.1 Å². The molecule has 5 nitrogen and oxygen atoms in total. The fourth-order valence-corrected chi connectivity index (χ4v) is 3.71. The van der Waals surface area contributed by atoms with Crippen LogP contribution >= 0.6 is 11.3 Å². The molecule has 106 valence electrons. The highest BCUT2D eigenvalue weighted by molar-refractivity contribution is 7.21. The molecule has 2 atom stereocenters. The summed E-state index contributed by atoms with van der Waals surface area (Å²) >= 11 is 1.38. The molecule has 0 bridgehead atoms. The fourth-order valence-electron chi connectivity index (χ4n) is 2.72. The summed E-state index contributed by atoms with van der Waals surface area (Å²) in [5.41, 5.74) is 7.21. The fraction of sp³-hybridized carbons (Fsp3) is 0.429. The Kier molecular flexibility index (Phi) is 3.58. The van der Waals surface area contributed by atoms with Crippen LogP contribution in [0.15, 0.2) is 18.3 Å². The zero-order valence-corrected chi connectivity index (χ0v) is 12.1. The number of methoxy groups -OCH3 is 1. The van der Waals surface area contributed by atoms with E-state index in [9.17, 15) is 4.79 Å². The number of nitrogens with zero attached hydrogens (tertiary/aromatic N) is 1. The number of aromatic nitrogens is 1. The standard InChI is InChI=1S/C14H17N3O2S/c1-19-9-5-2-4-8(9)17-14(18)13-11(15)12-10(20-13)6-3-7-16-12/h3,6-9H,2,4-5,15H2,1H3,(H,17,18). The average molecular weight is 291 g/mol. The number of pyridine rings is 1. The minimum atomic E-state index is -0.126. The highest BCUT2D eigenvalue weighted by atomic mass is 32.1. The van der Waals surface area contributed by atoms with Gasteiger partial charge in [-0.05, 0) is 31.4 Å². The van der Waals surface area contributed by atoms with Crippen molar-refractivity contribution in [1.82, 2.24) is 10.3 Å². The monoisotopic (exact) mass is 291 g/mol. The Hall–Kier alpha value is -1.66. The number of hydrogen-bond acceptors (Lipinski definition) is 5. The molecule has 1 amide bonds. The molecule has 3 rings (SSSR count). The third-order valence-electron chi connectivity index (χ3n) is 3.76. The highest BCUT2D eigenvalue weighted by Crippen LogP contribution is 2.32. The highest BCUT2D eigenvalue weighted by Gasteiger charge is 2.29. The van der Waals surface area contributed by atoms with Crippen LogP contribution in [0.1, 0.15) is 28.9 Å². The Labute approximate surface area is 121 Å².